The molecule has 1 aliphatic heterocycles. The van der Waals surface area contributed by atoms with E-state index in [0.29, 0.717) is 17.5 Å². The summed E-state index contributed by atoms with van der Waals surface area (Å²) in [6, 6.07) is 13.9. The van der Waals surface area contributed by atoms with Gasteiger partial charge in [0.05, 0.1) is 10.6 Å². The maximum atomic E-state index is 13.1. The molecule has 7 heteroatoms. The molecule has 0 radical (unpaired) electrons. The van der Waals surface area contributed by atoms with Crippen LogP contribution in [0.15, 0.2) is 65.6 Å². The number of carbonyl (C=O) groups is 3. The first kappa shape index (κ1) is 21.6. The topological polar surface area (TPSA) is 88.6 Å². The lowest BCUT2D eigenvalue weighted by atomic mass is 9.86. The molecule has 6 nitrogen and oxygen atoms in total. The summed E-state index contributed by atoms with van der Waals surface area (Å²) < 4.78 is 26.2. The molecule has 0 fully saturated rings. The quantitative estimate of drug-likeness (QED) is 0.524. The predicted octanol–water partition coefficient (Wildman–Crippen LogP) is 3.14. The van der Waals surface area contributed by atoms with Crippen molar-refractivity contribution in [3.05, 3.63) is 71.8 Å². The van der Waals surface area contributed by atoms with Crippen molar-refractivity contribution in [1.82, 2.24) is 4.90 Å². The lowest BCUT2D eigenvalue weighted by Crippen LogP contribution is -2.45. The van der Waals surface area contributed by atoms with Gasteiger partial charge < -0.3 is 9.69 Å². The molecular weight excluding hydrogens is 402 g/mol. The van der Waals surface area contributed by atoms with Crippen LogP contribution < -0.4 is 0 Å². The predicted molar refractivity (Wildman–Crippen MR) is 113 cm³/mol. The van der Waals surface area contributed by atoms with Gasteiger partial charge in [0.2, 0.25) is 5.91 Å². The fourth-order valence-electron chi connectivity index (χ4n) is 3.84. The summed E-state index contributed by atoms with van der Waals surface area (Å²) in [5, 5.41) is 0. The highest BCUT2D eigenvalue weighted by atomic mass is 32.2. The van der Waals surface area contributed by atoms with Crippen LogP contribution in [0.4, 0.5) is 0 Å². The van der Waals surface area contributed by atoms with E-state index in [-0.39, 0.29) is 22.3 Å². The molecule has 156 valence electrons. The molecule has 2 unspecified atom stereocenters. The summed E-state index contributed by atoms with van der Waals surface area (Å²) in [6.45, 7) is 4.43. The van der Waals surface area contributed by atoms with E-state index in [4.69, 9.17) is 0 Å². The molecule has 0 aliphatic carbocycles. The van der Waals surface area contributed by atoms with E-state index in [1.807, 2.05) is 30.3 Å². The standard InChI is InChI=1S/C23H23NO5S/c1-16(26)18-9-11-20(12-10-18)30(28,29)15-23(3)13-21(19-7-5-4-6-8-19)24(17(2)27)22(23)14-25/h4-14,22H,15H2,1-3H3. The van der Waals surface area contributed by atoms with Crippen LogP contribution >= 0.6 is 0 Å². The molecule has 0 spiro atoms. The largest absolute Gasteiger partial charge is 0.301 e. The van der Waals surface area contributed by atoms with Gasteiger partial charge in [-0.2, -0.15) is 0 Å². The summed E-state index contributed by atoms with van der Waals surface area (Å²) in [5.74, 6) is -0.854. The number of hydrogen-bond acceptors (Lipinski definition) is 5. The number of rotatable bonds is 6. The fourth-order valence-corrected chi connectivity index (χ4v) is 5.63. The first-order valence-corrected chi connectivity index (χ1v) is 11.1. The summed E-state index contributed by atoms with van der Waals surface area (Å²) in [5.41, 5.74) is 0.550. The second kappa shape index (κ2) is 7.99. The number of ketones is 1. The molecule has 30 heavy (non-hydrogen) atoms. The first-order chi connectivity index (χ1) is 14.1. The van der Waals surface area contributed by atoms with Gasteiger partial charge in [-0.05, 0) is 24.6 Å². The van der Waals surface area contributed by atoms with Crippen molar-refractivity contribution >= 4 is 33.5 Å². The minimum atomic E-state index is -3.80. The van der Waals surface area contributed by atoms with Crippen molar-refractivity contribution < 1.29 is 22.8 Å². The van der Waals surface area contributed by atoms with Crippen LogP contribution in [0.25, 0.3) is 5.70 Å². The van der Waals surface area contributed by atoms with Gasteiger partial charge in [-0.1, -0.05) is 55.5 Å². The Hall–Kier alpha value is -3.06. The Morgan fingerprint density at radius 1 is 1.03 bits per heavy atom. The minimum Gasteiger partial charge on any atom is -0.301 e. The van der Waals surface area contributed by atoms with Crippen molar-refractivity contribution in [1.29, 1.82) is 0 Å². The van der Waals surface area contributed by atoms with Gasteiger partial charge in [-0.15, -0.1) is 0 Å². The zero-order valence-electron chi connectivity index (χ0n) is 17.0. The summed E-state index contributed by atoms with van der Waals surface area (Å²) >= 11 is 0. The molecule has 0 saturated carbocycles. The van der Waals surface area contributed by atoms with Crippen LogP contribution in [0.2, 0.25) is 0 Å². The number of carbonyl (C=O) groups excluding carboxylic acids is 3. The third-order valence-electron chi connectivity index (χ3n) is 5.34. The SMILES string of the molecule is CC(=O)c1ccc(S(=O)(=O)CC2(C)C=C(c3ccccc3)N(C(C)=O)C2C=O)cc1. The van der Waals surface area contributed by atoms with E-state index in [1.165, 1.54) is 43.0 Å². The van der Waals surface area contributed by atoms with Gasteiger partial charge in [0.15, 0.2) is 15.6 Å². The molecule has 0 N–H and O–H groups in total. The number of nitrogens with zero attached hydrogens (tertiary/aromatic N) is 1. The van der Waals surface area contributed by atoms with Crippen molar-refractivity contribution in [3.8, 4) is 0 Å². The van der Waals surface area contributed by atoms with Crippen molar-refractivity contribution in [2.75, 3.05) is 5.75 Å². The molecule has 2 aromatic rings. The number of benzene rings is 2. The van der Waals surface area contributed by atoms with E-state index in [0.717, 1.165) is 5.56 Å². The van der Waals surface area contributed by atoms with Gasteiger partial charge >= 0.3 is 0 Å². The second-order valence-electron chi connectivity index (χ2n) is 7.71. The van der Waals surface area contributed by atoms with Crippen molar-refractivity contribution in [2.24, 2.45) is 5.41 Å². The Balaban J connectivity index is 2.04. The Labute approximate surface area is 176 Å². The Morgan fingerprint density at radius 3 is 2.13 bits per heavy atom. The van der Waals surface area contributed by atoms with Gasteiger partial charge in [0.1, 0.15) is 12.3 Å². The van der Waals surface area contributed by atoms with Crippen LogP contribution in [0, 0.1) is 5.41 Å². The van der Waals surface area contributed by atoms with Gasteiger partial charge in [-0.25, -0.2) is 8.42 Å². The Bertz CT molecular complexity index is 1120. The zero-order valence-corrected chi connectivity index (χ0v) is 17.8. The number of aldehydes is 1. The molecule has 2 atom stereocenters. The molecule has 1 aliphatic rings. The zero-order chi connectivity index (χ0) is 22.1. The molecule has 3 rings (SSSR count). The van der Waals surface area contributed by atoms with Crippen LogP contribution in [0.1, 0.15) is 36.7 Å². The van der Waals surface area contributed by atoms with Gasteiger partial charge in [0, 0.05) is 23.6 Å². The molecule has 0 aromatic heterocycles. The van der Waals surface area contributed by atoms with E-state index in [9.17, 15) is 22.8 Å². The molecular formula is C23H23NO5S. The Kier molecular flexibility index (Phi) is 5.76. The van der Waals surface area contributed by atoms with E-state index in [2.05, 4.69) is 0 Å². The van der Waals surface area contributed by atoms with Gasteiger partial charge in [0.25, 0.3) is 0 Å². The normalized spacial score (nSPS) is 21.2. The smallest absolute Gasteiger partial charge is 0.224 e. The molecule has 2 aromatic carbocycles. The second-order valence-corrected chi connectivity index (χ2v) is 9.70. The van der Waals surface area contributed by atoms with E-state index >= 15 is 0 Å². The van der Waals surface area contributed by atoms with Crippen LogP contribution in [-0.4, -0.2) is 43.1 Å². The number of Topliss-reactive ketones (excluding diaryl/α,β-unsaturated/α-hetero) is 1. The maximum absolute atomic E-state index is 13.1. The summed E-state index contributed by atoms with van der Waals surface area (Å²) in [7, 11) is -3.80. The van der Waals surface area contributed by atoms with Gasteiger partial charge in [-0.3, -0.25) is 9.59 Å². The maximum Gasteiger partial charge on any atom is 0.224 e. The van der Waals surface area contributed by atoms with Crippen LogP contribution in [0.5, 0.6) is 0 Å². The summed E-state index contributed by atoms with van der Waals surface area (Å²) in [6.07, 6.45) is 2.33. The van der Waals surface area contributed by atoms with Crippen LogP contribution in [-0.2, 0) is 19.4 Å². The Morgan fingerprint density at radius 2 is 1.63 bits per heavy atom. The number of hydrogen-bond donors (Lipinski definition) is 0. The third-order valence-corrected chi connectivity index (χ3v) is 7.33. The van der Waals surface area contributed by atoms with E-state index in [1.54, 1.807) is 13.0 Å². The fraction of sp³-hybridized carbons (Fsp3) is 0.261. The average Bonchev–Trinajstić information content (AvgIpc) is 3.00. The number of sulfone groups is 1. The van der Waals surface area contributed by atoms with Crippen molar-refractivity contribution in [2.45, 2.75) is 31.7 Å². The third kappa shape index (κ3) is 3.98. The van der Waals surface area contributed by atoms with E-state index < -0.39 is 21.3 Å². The highest BCUT2D eigenvalue weighted by Gasteiger charge is 2.48. The molecule has 1 amide bonds. The molecule has 1 heterocycles. The first-order valence-electron chi connectivity index (χ1n) is 9.46. The lowest BCUT2D eigenvalue weighted by Gasteiger charge is -2.32. The lowest BCUT2D eigenvalue weighted by molar-refractivity contribution is -0.131. The molecule has 0 saturated heterocycles. The highest BCUT2D eigenvalue weighted by Crippen LogP contribution is 2.43. The highest BCUT2D eigenvalue weighted by molar-refractivity contribution is 7.91. The minimum absolute atomic E-state index is 0.0642. The van der Waals surface area contributed by atoms with Crippen molar-refractivity contribution in [3.63, 3.8) is 0 Å². The average molecular weight is 426 g/mol. The number of amides is 1. The summed E-state index contributed by atoms with van der Waals surface area (Å²) in [4.78, 5) is 37.2. The molecule has 0 bridgehead atoms. The van der Waals surface area contributed by atoms with Crippen LogP contribution in [0.3, 0.4) is 0 Å². The monoisotopic (exact) mass is 425 g/mol.